The molecule has 1 unspecified atom stereocenters. The van der Waals surface area contributed by atoms with Gasteiger partial charge in [0.05, 0.1) is 11.7 Å². The molecule has 2 heterocycles. The molecule has 0 bridgehead atoms. The van der Waals surface area contributed by atoms with E-state index in [1.54, 1.807) is 17.5 Å². The average Bonchev–Trinajstić information content (AvgIpc) is 2.76. The SMILES string of the molecule is Cc1nn(C)c(C)c1C(N)c1nccs1. The Kier molecular flexibility index (Phi) is 2.58. The third kappa shape index (κ3) is 1.68. The smallest absolute Gasteiger partial charge is 0.114 e. The monoisotopic (exact) mass is 222 g/mol. The third-order valence-corrected chi connectivity index (χ3v) is 3.45. The van der Waals surface area contributed by atoms with Gasteiger partial charge in [0.1, 0.15) is 5.01 Å². The van der Waals surface area contributed by atoms with E-state index >= 15 is 0 Å². The Morgan fingerprint density at radius 1 is 1.47 bits per heavy atom. The maximum atomic E-state index is 6.17. The molecule has 2 aromatic heterocycles. The van der Waals surface area contributed by atoms with Crippen LogP contribution in [0, 0.1) is 13.8 Å². The van der Waals surface area contributed by atoms with Gasteiger partial charge in [0, 0.05) is 29.9 Å². The first kappa shape index (κ1) is 10.3. The minimum absolute atomic E-state index is 0.154. The largest absolute Gasteiger partial charge is 0.318 e. The fourth-order valence-corrected chi connectivity index (χ4v) is 2.40. The van der Waals surface area contributed by atoms with Crippen molar-refractivity contribution in [1.82, 2.24) is 14.8 Å². The van der Waals surface area contributed by atoms with Crippen LogP contribution in [-0.2, 0) is 7.05 Å². The van der Waals surface area contributed by atoms with Crippen LogP contribution in [-0.4, -0.2) is 14.8 Å². The number of aromatic nitrogens is 3. The van der Waals surface area contributed by atoms with Crippen LogP contribution in [0.25, 0.3) is 0 Å². The molecule has 2 aromatic rings. The highest BCUT2D eigenvalue weighted by atomic mass is 32.1. The Hall–Kier alpha value is -1.20. The van der Waals surface area contributed by atoms with E-state index in [1.807, 2.05) is 31.0 Å². The second-order valence-corrected chi connectivity index (χ2v) is 4.48. The van der Waals surface area contributed by atoms with Gasteiger partial charge in [-0.1, -0.05) is 0 Å². The van der Waals surface area contributed by atoms with E-state index in [0.29, 0.717) is 0 Å². The molecule has 4 nitrogen and oxygen atoms in total. The molecule has 0 saturated heterocycles. The Morgan fingerprint density at radius 3 is 2.67 bits per heavy atom. The van der Waals surface area contributed by atoms with Gasteiger partial charge < -0.3 is 5.73 Å². The Labute approximate surface area is 92.8 Å². The maximum absolute atomic E-state index is 6.17. The minimum Gasteiger partial charge on any atom is -0.318 e. The highest BCUT2D eigenvalue weighted by Gasteiger charge is 2.19. The fraction of sp³-hybridized carbons (Fsp3) is 0.400. The van der Waals surface area contributed by atoms with Crippen molar-refractivity contribution in [2.45, 2.75) is 19.9 Å². The maximum Gasteiger partial charge on any atom is 0.114 e. The van der Waals surface area contributed by atoms with Crippen molar-refractivity contribution in [2.75, 3.05) is 0 Å². The number of nitrogens with two attached hydrogens (primary N) is 1. The first-order valence-corrected chi connectivity index (χ1v) is 5.64. The van der Waals surface area contributed by atoms with Crippen LogP contribution < -0.4 is 5.73 Å². The summed E-state index contributed by atoms with van der Waals surface area (Å²) in [6, 6.07) is -0.154. The second kappa shape index (κ2) is 3.75. The Morgan fingerprint density at radius 2 is 2.20 bits per heavy atom. The molecule has 0 aliphatic heterocycles. The van der Waals surface area contributed by atoms with Gasteiger partial charge in [-0.2, -0.15) is 5.10 Å². The molecule has 0 amide bonds. The van der Waals surface area contributed by atoms with Crippen LogP contribution in [0.1, 0.15) is 28.0 Å². The molecule has 0 radical (unpaired) electrons. The minimum atomic E-state index is -0.154. The van der Waals surface area contributed by atoms with Crippen molar-refractivity contribution in [3.63, 3.8) is 0 Å². The van der Waals surface area contributed by atoms with Crippen molar-refractivity contribution < 1.29 is 0 Å². The summed E-state index contributed by atoms with van der Waals surface area (Å²) in [5.41, 5.74) is 9.35. The van der Waals surface area contributed by atoms with Crippen molar-refractivity contribution in [3.8, 4) is 0 Å². The number of thiazole rings is 1. The van der Waals surface area contributed by atoms with E-state index in [4.69, 9.17) is 5.73 Å². The zero-order valence-electron chi connectivity index (χ0n) is 9.06. The molecule has 5 heteroatoms. The van der Waals surface area contributed by atoms with Crippen molar-refractivity contribution in [3.05, 3.63) is 33.5 Å². The molecule has 2 rings (SSSR count). The zero-order valence-corrected chi connectivity index (χ0v) is 9.88. The normalized spacial score (nSPS) is 13.1. The van der Waals surface area contributed by atoms with Gasteiger partial charge in [-0.3, -0.25) is 4.68 Å². The third-order valence-electron chi connectivity index (χ3n) is 2.59. The van der Waals surface area contributed by atoms with Gasteiger partial charge in [-0.05, 0) is 13.8 Å². The molecule has 0 fully saturated rings. The number of hydrogen-bond acceptors (Lipinski definition) is 4. The molecule has 2 N–H and O–H groups in total. The number of rotatable bonds is 2. The van der Waals surface area contributed by atoms with Crippen LogP contribution in [0.2, 0.25) is 0 Å². The van der Waals surface area contributed by atoms with Crippen molar-refractivity contribution in [1.29, 1.82) is 0 Å². The van der Waals surface area contributed by atoms with Crippen LogP contribution in [0.15, 0.2) is 11.6 Å². The number of nitrogens with zero attached hydrogens (tertiary/aromatic N) is 3. The lowest BCUT2D eigenvalue weighted by atomic mass is 10.1. The van der Waals surface area contributed by atoms with E-state index < -0.39 is 0 Å². The topological polar surface area (TPSA) is 56.7 Å². The summed E-state index contributed by atoms with van der Waals surface area (Å²) < 4.78 is 1.86. The van der Waals surface area contributed by atoms with Crippen molar-refractivity contribution >= 4 is 11.3 Å². The summed E-state index contributed by atoms with van der Waals surface area (Å²) in [6.45, 7) is 4.01. The fourth-order valence-electron chi connectivity index (χ4n) is 1.75. The summed E-state index contributed by atoms with van der Waals surface area (Å²) in [6.07, 6.45) is 1.78. The molecule has 1 atom stereocenters. The Balaban J connectivity index is 2.46. The Bertz CT molecular complexity index is 458. The van der Waals surface area contributed by atoms with Crippen LogP contribution in [0.3, 0.4) is 0 Å². The summed E-state index contributed by atoms with van der Waals surface area (Å²) >= 11 is 1.58. The van der Waals surface area contributed by atoms with E-state index in [0.717, 1.165) is 22.0 Å². The van der Waals surface area contributed by atoms with Crippen LogP contribution in [0.5, 0.6) is 0 Å². The van der Waals surface area contributed by atoms with Gasteiger partial charge in [0.2, 0.25) is 0 Å². The highest BCUT2D eigenvalue weighted by molar-refractivity contribution is 7.09. The average molecular weight is 222 g/mol. The van der Waals surface area contributed by atoms with E-state index in [9.17, 15) is 0 Å². The first-order valence-electron chi connectivity index (χ1n) is 4.76. The first-order chi connectivity index (χ1) is 7.11. The molecule has 0 aliphatic rings. The molecular weight excluding hydrogens is 208 g/mol. The summed E-state index contributed by atoms with van der Waals surface area (Å²) in [4.78, 5) is 4.24. The van der Waals surface area contributed by atoms with E-state index in [1.165, 1.54) is 0 Å². The molecule has 0 aromatic carbocycles. The lowest BCUT2D eigenvalue weighted by molar-refractivity contribution is 0.728. The van der Waals surface area contributed by atoms with Gasteiger partial charge in [0.25, 0.3) is 0 Å². The van der Waals surface area contributed by atoms with Gasteiger partial charge in [-0.25, -0.2) is 4.98 Å². The molecule has 80 valence electrons. The summed E-state index contributed by atoms with van der Waals surface area (Å²) in [5.74, 6) is 0. The quantitative estimate of drug-likeness (QED) is 0.838. The summed E-state index contributed by atoms with van der Waals surface area (Å²) in [5, 5.41) is 7.23. The molecule has 0 spiro atoms. The van der Waals surface area contributed by atoms with Gasteiger partial charge in [-0.15, -0.1) is 11.3 Å². The van der Waals surface area contributed by atoms with Crippen LogP contribution >= 0.6 is 11.3 Å². The predicted octanol–water partition coefficient (Wildman–Crippen LogP) is 1.54. The van der Waals surface area contributed by atoms with Gasteiger partial charge >= 0.3 is 0 Å². The predicted molar refractivity (Wildman–Crippen MR) is 60.8 cm³/mol. The number of hydrogen-bond donors (Lipinski definition) is 1. The van der Waals surface area contributed by atoms with Gasteiger partial charge in [0.15, 0.2) is 0 Å². The zero-order chi connectivity index (χ0) is 11.0. The molecular formula is C10H14N4S. The van der Waals surface area contributed by atoms with Crippen molar-refractivity contribution in [2.24, 2.45) is 12.8 Å². The molecule has 15 heavy (non-hydrogen) atoms. The molecule has 0 saturated carbocycles. The molecule has 0 aliphatic carbocycles. The highest BCUT2D eigenvalue weighted by Crippen LogP contribution is 2.26. The summed E-state index contributed by atoms with van der Waals surface area (Å²) in [7, 11) is 1.93. The lowest BCUT2D eigenvalue weighted by Crippen LogP contribution is -2.13. The second-order valence-electron chi connectivity index (χ2n) is 3.56. The van der Waals surface area contributed by atoms with E-state index in [-0.39, 0.29) is 6.04 Å². The van der Waals surface area contributed by atoms with E-state index in [2.05, 4.69) is 10.1 Å². The van der Waals surface area contributed by atoms with Crippen LogP contribution in [0.4, 0.5) is 0 Å². The standard InChI is InChI=1S/C10H14N4S/c1-6-8(7(2)14(3)13-6)9(11)10-12-4-5-15-10/h4-5,9H,11H2,1-3H3. The lowest BCUT2D eigenvalue weighted by Gasteiger charge is -2.08. The number of aryl methyl sites for hydroxylation is 2.